The van der Waals surface area contributed by atoms with Gasteiger partial charge in [0.15, 0.2) is 0 Å². The van der Waals surface area contributed by atoms with Crippen LogP contribution in [-0.2, 0) is 13.0 Å². The van der Waals surface area contributed by atoms with E-state index in [1.165, 1.54) is 30.6 Å². The van der Waals surface area contributed by atoms with E-state index in [9.17, 15) is 0 Å². The summed E-state index contributed by atoms with van der Waals surface area (Å²) < 4.78 is 1.98. The Morgan fingerprint density at radius 1 is 1.29 bits per heavy atom. The monoisotopic (exact) mass is 284 g/mol. The first-order valence-electron chi connectivity index (χ1n) is 7.86. The highest BCUT2D eigenvalue weighted by Gasteiger charge is 2.15. The van der Waals surface area contributed by atoms with E-state index in [2.05, 4.69) is 46.5 Å². The molecule has 0 fully saturated rings. The summed E-state index contributed by atoms with van der Waals surface area (Å²) in [6, 6.07) is 11.2. The normalized spacial score (nSPS) is 15.8. The minimum Gasteiger partial charge on any atom is -0.370 e. The van der Waals surface area contributed by atoms with Crippen molar-refractivity contribution in [2.24, 2.45) is 0 Å². The summed E-state index contributed by atoms with van der Waals surface area (Å²) in [5.41, 5.74) is 2.92. The predicted octanol–water partition coefficient (Wildman–Crippen LogP) is 2.31. The van der Waals surface area contributed by atoms with Crippen LogP contribution in [-0.4, -0.2) is 35.5 Å². The summed E-state index contributed by atoms with van der Waals surface area (Å²) in [6.45, 7) is 6.39. The van der Waals surface area contributed by atoms with E-state index in [0.29, 0.717) is 6.04 Å². The molecule has 4 nitrogen and oxygen atoms in total. The first kappa shape index (κ1) is 14.1. The Hall–Kier alpha value is -1.81. The zero-order valence-electron chi connectivity index (χ0n) is 12.7. The van der Waals surface area contributed by atoms with Gasteiger partial charge in [-0.3, -0.25) is 4.68 Å². The molecule has 21 heavy (non-hydrogen) atoms. The Bertz CT molecular complexity index is 550. The quantitative estimate of drug-likeness (QED) is 0.883. The van der Waals surface area contributed by atoms with Gasteiger partial charge in [0.2, 0.25) is 0 Å². The topological polar surface area (TPSA) is 33.1 Å². The Balaban J connectivity index is 1.48. The number of benzene rings is 1. The average Bonchev–Trinajstić information content (AvgIpc) is 3.00. The van der Waals surface area contributed by atoms with Crippen molar-refractivity contribution in [1.82, 2.24) is 15.1 Å². The van der Waals surface area contributed by atoms with Crippen molar-refractivity contribution < 1.29 is 0 Å². The van der Waals surface area contributed by atoms with Crippen molar-refractivity contribution in [2.75, 3.05) is 24.5 Å². The molecule has 0 unspecified atom stereocenters. The summed E-state index contributed by atoms with van der Waals surface area (Å²) in [7, 11) is 0. The Kier molecular flexibility index (Phi) is 4.55. The second-order valence-corrected chi connectivity index (χ2v) is 5.80. The fourth-order valence-electron chi connectivity index (χ4n) is 3.04. The van der Waals surface area contributed by atoms with Crippen LogP contribution in [0.3, 0.4) is 0 Å². The van der Waals surface area contributed by atoms with Crippen LogP contribution in [0.25, 0.3) is 0 Å². The van der Waals surface area contributed by atoms with Crippen LogP contribution < -0.4 is 10.2 Å². The highest BCUT2D eigenvalue weighted by molar-refractivity contribution is 5.55. The molecule has 0 aliphatic carbocycles. The molecule has 0 bridgehead atoms. The zero-order chi connectivity index (χ0) is 14.5. The maximum absolute atomic E-state index is 4.25. The smallest absolute Gasteiger partial charge is 0.0559 e. The maximum atomic E-state index is 4.25. The molecule has 0 spiro atoms. The van der Waals surface area contributed by atoms with Gasteiger partial charge in [-0.1, -0.05) is 18.2 Å². The lowest BCUT2D eigenvalue weighted by Crippen LogP contribution is -2.39. The number of hydrogen-bond acceptors (Lipinski definition) is 3. The van der Waals surface area contributed by atoms with Gasteiger partial charge in [0.05, 0.1) is 6.54 Å². The van der Waals surface area contributed by atoms with Gasteiger partial charge >= 0.3 is 0 Å². The molecule has 1 atom stereocenters. The van der Waals surface area contributed by atoms with Crippen LogP contribution in [0.1, 0.15) is 18.9 Å². The van der Waals surface area contributed by atoms with E-state index in [4.69, 9.17) is 0 Å². The number of fused-ring (bicyclic) bond motifs is 1. The largest absolute Gasteiger partial charge is 0.370 e. The van der Waals surface area contributed by atoms with Gasteiger partial charge in [0.25, 0.3) is 0 Å². The van der Waals surface area contributed by atoms with Crippen LogP contribution in [0.2, 0.25) is 0 Å². The highest BCUT2D eigenvalue weighted by Crippen LogP contribution is 2.25. The van der Waals surface area contributed by atoms with Gasteiger partial charge in [0.1, 0.15) is 0 Å². The molecule has 112 valence electrons. The van der Waals surface area contributed by atoms with Gasteiger partial charge < -0.3 is 10.2 Å². The lowest BCUT2D eigenvalue weighted by molar-refractivity contribution is 0.452. The number of aromatic nitrogens is 2. The molecule has 2 heterocycles. The molecule has 1 aromatic carbocycles. The molecule has 1 aliphatic rings. The summed E-state index contributed by atoms with van der Waals surface area (Å²) in [5.74, 6) is 0. The predicted molar refractivity (Wildman–Crippen MR) is 86.7 cm³/mol. The molecule has 2 aromatic rings. The molecule has 0 saturated heterocycles. The number of nitrogens with one attached hydrogen (secondary N) is 1. The van der Waals surface area contributed by atoms with E-state index < -0.39 is 0 Å². The fourth-order valence-corrected chi connectivity index (χ4v) is 3.04. The molecule has 1 aromatic heterocycles. The van der Waals surface area contributed by atoms with Crippen molar-refractivity contribution in [3.63, 3.8) is 0 Å². The first-order chi connectivity index (χ1) is 10.3. The molecule has 3 rings (SSSR count). The van der Waals surface area contributed by atoms with Crippen molar-refractivity contribution in [3.8, 4) is 0 Å². The van der Waals surface area contributed by atoms with Crippen molar-refractivity contribution in [1.29, 1.82) is 0 Å². The summed E-state index contributed by atoms with van der Waals surface area (Å²) in [6.07, 6.45) is 6.33. The Morgan fingerprint density at radius 2 is 2.19 bits per heavy atom. The number of para-hydroxylation sites is 1. The van der Waals surface area contributed by atoms with E-state index in [-0.39, 0.29) is 0 Å². The second-order valence-electron chi connectivity index (χ2n) is 5.80. The third-order valence-electron chi connectivity index (χ3n) is 4.10. The van der Waals surface area contributed by atoms with Crippen molar-refractivity contribution >= 4 is 5.69 Å². The zero-order valence-corrected chi connectivity index (χ0v) is 12.7. The number of aryl methyl sites for hydroxylation is 1. The van der Waals surface area contributed by atoms with Crippen LogP contribution >= 0.6 is 0 Å². The molecule has 0 amide bonds. The van der Waals surface area contributed by atoms with Gasteiger partial charge in [-0.15, -0.1) is 0 Å². The minimum absolute atomic E-state index is 0.435. The first-order valence-corrected chi connectivity index (χ1v) is 7.86. The van der Waals surface area contributed by atoms with Crippen molar-refractivity contribution in [3.05, 3.63) is 48.3 Å². The molecule has 0 saturated carbocycles. The molecule has 1 aliphatic heterocycles. The van der Waals surface area contributed by atoms with Crippen LogP contribution in [0, 0.1) is 0 Å². The lowest BCUT2D eigenvalue weighted by atomic mass is 10.0. The maximum Gasteiger partial charge on any atom is 0.0559 e. The molecular weight excluding hydrogens is 260 g/mol. The summed E-state index contributed by atoms with van der Waals surface area (Å²) in [4.78, 5) is 2.51. The Labute approximate surface area is 126 Å². The van der Waals surface area contributed by atoms with Gasteiger partial charge in [-0.25, -0.2) is 0 Å². The van der Waals surface area contributed by atoms with E-state index in [1.54, 1.807) is 0 Å². The van der Waals surface area contributed by atoms with Gasteiger partial charge in [-0.2, -0.15) is 5.10 Å². The molecule has 1 N–H and O–H groups in total. The number of nitrogens with zero attached hydrogens (tertiary/aromatic N) is 3. The lowest BCUT2D eigenvalue weighted by Gasteiger charge is -2.31. The summed E-state index contributed by atoms with van der Waals surface area (Å²) in [5, 5.41) is 7.85. The molecule has 0 radical (unpaired) electrons. The Morgan fingerprint density at radius 3 is 3.05 bits per heavy atom. The number of hydrogen-bond donors (Lipinski definition) is 1. The average molecular weight is 284 g/mol. The van der Waals surface area contributed by atoms with E-state index in [1.807, 2.05) is 23.1 Å². The van der Waals surface area contributed by atoms with E-state index >= 15 is 0 Å². The molecular formula is C17H24N4. The van der Waals surface area contributed by atoms with E-state index in [0.717, 1.165) is 19.6 Å². The summed E-state index contributed by atoms with van der Waals surface area (Å²) >= 11 is 0. The van der Waals surface area contributed by atoms with Crippen LogP contribution in [0.15, 0.2) is 42.7 Å². The highest BCUT2D eigenvalue weighted by atomic mass is 15.3. The third-order valence-corrected chi connectivity index (χ3v) is 4.10. The second kappa shape index (κ2) is 6.76. The van der Waals surface area contributed by atoms with Gasteiger partial charge in [0, 0.05) is 43.8 Å². The van der Waals surface area contributed by atoms with Crippen LogP contribution in [0.4, 0.5) is 5.69 Å². The minimum atomic E-state index is 0.435. The SMILES string of the molecule is C[C@H](Cn1cccn1)NCCN1CCCc2ccccc21. The third kappa shape index (κ3) is 3.64. The fraction of sp³-hybridized carbons (Fsp3) is 0.471. The van der Waals surface area contributed by atoms with Gasteiger partial charge in [-0.05, 0) is 37.5 Å². The van der Waals surface area contributed by atoms with Crippen LogP contribution in [0.5, 0.6) is 0 Å². The number of rotatable bonds is 6. The standard InChI is InChI=1S/C17H24N4/c1-15(14-21-12-5-9-19-21)18-10-13-20-11-4-7-16-6-2-3-8-17(16)20/h2-3,5-6,8-9,12,15,18H,4,7,10-11,13-14H2,1H3/t15-/m1/s1. The van der Waals surface area contributed by atoms with Crippen molar-refractivity contribution in [2.45, 2.75) is 32.4 Å². The molecule has 4 heteroatoms. The number of anilines is 1.